The maximum Gasteiger partial charge on any atom is 0.194 e. The molecular weight excluding hydrogens is 462 g/mol. The van der Waals surface area contributed by atoms with E-state index in [-0.39, 0.29) is 8.46 Å². The van der Waals surface area contributed by atoms with Crippen LogP contribution in [0.1, 0.15) is 33.4 Å². The summed E-state index contributed by atoms with van der Waals surface area (Å²) in [5.41, 5.74) is 12.1. The minimum atomic E-state index is 0.0705. The van der Waals surface area contributed by atoms with Crippen LogP contribution in [0, 0.1) is 45.1 Å². The van der Waals surface area contributed by atoms with Crippen molar-refractivity contribution in [1.82, 2.24) is 0 Å². The van der Waals surface area contributed by atoms with Crippen molar-refractivity contribution >= 4 is 36.4 Å². The van der Waals surface area contributed by atoms with Gasteiger partial charge < -0.3 is 0 Å². The summed E-state index contributed by atoms with van der Waals surface area (Å²) in [7, 11) is 0.0705. The molecule has 1 nitrogen and oxygen atoms in total. The molecule has 0 saturated carbocycles. The molecule has 0 N–H and O–H groups in total. The van der Waals surface area contributed by atoms with E-state index >= 15 is 0 Å². The Bertz CT molecular complexity index is 1030. The number of benzene rings is 3. The lowest BCUT2D eigenvalue weighted by Gasteiger charge is -2.20. The van der Waals surface area contributed by atoms with Crippen molar-refractivity contribution in [2.75, 3.05) is 0 Å². The fourth-order valence-electron chi connectivity index (χ4n) is 4.09. The van der Waals surface area contributed by atoms with E-state index in [0.29, 0.717) is 0 Å². The Morgan fingerprint density at radius 2 is 1.04 bits per heavy atom. The predicted octanol–water partition coefficient (Wildman–Crippen LogP) is 7.39. The van der Waals surface area contributed by atoms with Crippen LogP contribution in [0.4, 0.5) is 0 Å². The van der Waals surface area contributed by atoms with E-state index in [1.807, 2.05) is 0 Å². The molecule has 3 rings (SSSR count). The predicted molar refractivity (Wildman–Crippen MR) is 126 cm³/mol. The van der Waals surface area contributed by atoms with Crippen LogP contribution in [0.25, 0.3) is 22.3 Å². The monoisotopic (exact) mass is 486 g/mol. The molecule has 0 amide bonds. The standard InChI is InChI=1S/C24H24IOP/c1-13-7-14(2)10-19(9-13)21-17(5)22(24(27-26)23(25)18(21)6)20-11-15(3)8-16(4)12-20/h7-12H,1-6H3. The third-order valence-electron chi connectivity index (χ3n) is 5.01. The van der Waals surface area contributed by atoms with Gasteiger partial charge in [0.1, 0.15) is 0 Å². The third kappa shape index (κ3) is 3.88. The van der Waals surface area contributed by atoms with Crippen molar-refractivity contribution < 1.29 is 4.57 Å². The van der Waals surface area contributed by atoms with Crippen molar-refractivity contribution in [2.45, 2.75) is 41.5 Å². The first kappa shape index (κ1) is 20.2. The van der Waals surface area contributed by atoms with Gasteiger partial charge in [0.15, 0.2) is 8.46 Å². The SMILES string of the molecule is Cc1cc(C)cc(-c2c(C)c(I)c(P=O)c(-c3cc(C)cc(C)c3)c2C)c1. The minimum absolute atomic E-state index is 0.0705. The Kier molecular flexibility index (Phi) is 5.88. The number of aryl methyl sites for hydroxylation is 4. The van der Waals surface area contributed by atoms with Gasteiger partial charge in [-0.3, -0.25) is 4.57 Å². The van der Waals surface area contributed by atoms with E-state index in [1.165, 1.54) is 44.5 Å². The van der Waals surface area contributed by atoms with Gasteiger partial charge in [-0.25, -0.2) is 0 Å². The van der Waals surface area contributed by atoms with Crippen molar-refractivity contribution in [3.63, 3.8) is 0 Å². The highest BCUT2D eigenvalue weighted by Crippen LogP contribution is 2.38. The maximum absolute atomic E-state index is 12.1. The van der Waals surface area contributed by atoms with Gasteiger partial charge in [-0.05, 0) is 92.0 Å². The second kappa shape index (κ2) is 7.85. The molecule has 0 atom stereocenters. The van der Waals surface area contributed by atoms with Crippen LogP contribution in [-0.4, -0.2) is 0 Å². The molecule has 3 heteroatoms. The summed E-state index contributed by atoms with van der Waals surface area (Å²) in [5, 5.41) is 0.892. The van der Waals surface area contributed by atoms with Gasteiger partial charge in [0.2, 0.25) is 0 Å². The quantitative estimate of drug-likeness (QED) is 0.279. The fourth-order valence-corrected chi connectivity index (χ4v) is 5.56. The highest BCUT2D eigenvalue weighted by Gasteiger charge is 2.21. The highest BCUT2D eigenvalue weighted by molar-refractivity contribution is 14.1. The number of rotatable bonds is 3. The van der Waals surface area contributed by atoms with Gasteiger partial charge in [-0.15, -0.1) is 0 Å². The number of hydrogen-bond donors (Lipinski definition) is 0. The smallest absolute Gasteiger partial charge is 0.194 e. The normalized spacial score (nSPS) is 11.2. The summed E-state index contributed by atoms with van der Waals surface area (Å²) in [5.74, 6) is 0. The summed E-state index contributed by atoms with van der Waals surface area (Å²) in [6.45, 7) is 12.8. The molecule has 0 aliphatic heterocycles. The summed E-state index contributed by atoms with van der Waals surface area (Å²) in [6, 6.07) is 13.3. The van der Waals surface area contributed by atoms with Crippen molar-refractivity contribution in [2.24, 2.45) is 0 Å². The summed E-state index contributed by atoms with van der Waals surface area (Å²) < 4.78 is 13.2. The Morgan fingerprint density at radius 3 is 1.44 bits per heavy atom. The van der Waals surface area contributed by atoms with Crippen LogP contribution in [-0.2, 0) is 4.57 Å². The zero-order valence-corrected chi connectivity index (χ0v) is 19.7. The lowest BCUT2D eigenvalue weighted by molar-refractivity contribution is 0.603. The zero-order chi connectivity index (χ0) is 19.9. The fraction of sp³-hybridized carbons (Fsp3) is 0.250. The van der Waals surface area contributed by atoms with Crippen molar-refractivity contribution in [3.05, 3.63) is 73.3 Å². The van der Waals surface area contributed by atoms with Gasteiger partial charge in [0.25, 0.3) is 0 Å². The Morgan fingerprint density at radius 1 is 0.630 bits per heavy atom. The molecule has 0 heterocycles. The van der Waals surface area contributed by atoms with E-state index < -0.39 is 0 Å². The third-order valence-corrected chi connectivity index (χ3v) is 7.42. The summed E-state index contributed by atoms with van der Waals surface area (Å²) in [4.78, 5) is 0. The summed E-state index contributed by atoms with van der Waals surface area (Å²) >= 11 is 2.35. The molecular formula is C24H24IOP. The van der Waals surface area contributed by atoms with E-state index in [4.69, 9.17) is 0 Å². The lowest BCUT2D eigenvalue weighted by Crippen LogP contribution is -2.11. The van der Waals surface area contributed by atoms with Gasteiger partial charge in [0, 0.05) is 9.13 Å². The Hall–Kier alpha value is -1.51. The van der Waals surface area contributed by atoms with Crippen LogP contribution in [0.15, 0.2) is 36.4 Å². The van der Waals surface area contributed by atoms with Crippen LogP contribution in [0.3, 0.4) is 0 Å². The molecule has 0 aliphatic carbocycles. The largest absolute Gasteiger partial charge is 0.269 e. The lowest BCUT2D eigenvalue weighted by atomic mass is 9.87. The molecule has 3 aromatic rings. The van der Waals surface area contributed by atoms with Gasteiger partial charge >= 0.3 is 0 Å². The molecule has 3 aromatic carbocycles. The second-order valence-corrected chi connectivity index (χ2v) is 9.22. The van der Waals surface area contributed by atoms with Crippen LogP contribution in [0.5, 0.6) is 0 Å². The van der Waals surface area contributed by atoms with Crippen LogP contribution in [0.2, 0.25) is 0 Å². The first-order valence-electron chi connectivity index (χ1n) is 9.06. The Balaban J connectivity index is 2.44. The van der Waals surface area contributed by atoms with Crippen molar-refractivity contribution in [3.8, 4) is 22.3 Å². The molecule has 0 unspecified atom stereocenters. The average molecular weight is 486 g/mol. The number of hydrogen-bond acceptors (Lipinski definition) is 1. The van der Waals surface area contributed by atoms with E-state index in [1.54, 1.807) is 0 Å². The molecule has 0 aromatic heterocycles. The molecule has 0 spiro atoms. The molecule has 0 fully saturated rings. The first-order valence-corrected chi connectivity index (χ1v) is 11.0. The number of halogens is 1. The molecule has 27 heavy (non-hydrogen) atoms. The van der Waals surface area contributed by atoms with Crippen LogP contribution < -0.4 is 5.30 Å². The van der Waals surface area contributed by atoms with E-state index in [0.717, 1.165) is 20.0 Å². The molecule has 0 aliphatic rings. The summed E-state index contributed by atoms with van der Waals surface area (Å²) in [6.07, 6.45) is 0. The minimum Gasteiger partial charge on any atom is -0.269 e. The average Bonchev–Trinajstić information content (AvgIpc) is 2.56. The molecule has 0 radical (unpaired) electrons. The van der Waals surface area contributed by atoms with Gasteiger partial charge in [-0.1, -0.05) is 58.7 Å². The van der Waals surface area contributed by atoms with Gasteiger partial charge in [0.05, 0.1) is 5.30 Å². The van der Waals surface area contributed by atoms with Crippen molar-refractivity contribution in [1.29, 1.82) is 0 Å². The second-order valence-electron chi connectivity index (χ2n) is 7.51. The van der Waals surface area contributed by atoms with E-state index in [9.17, 15) is 4.57 Å². The highest BCUT2D eigenvalue weighted by atomic mass is 127. The van der Waals surface area contributed by atoms with E-state index in [2.05, 4.69) is 101 Å². The maximum atomic E-state index is 12.1. The first-order chi connectivity index (χ1) is 12.7. The molecule has 0 bridgehead atoms. The zero-order valence-electron chi connectivity index (χ0n) is 16.7. The van der Waals surface area contributed by atoms with Crippen LogP contribution >= 0.6 is 31.1 Å². The topological polar surface area (TPSA) is 17.1 Å². The van der Waals surface area contributed by atoms with Gasteiger partial charge in [-0.2, -0.15) is 0 Å². The Labute approximate surface area is 177 Å². The molecule has 138 valence electrons. The molecule has 0 saturated heterocycles.